The van der Waals surface area contributed by atoms with E-state index < -0.39 is 0 Å². The van der Waals surface area contributed by atoms with Crippen LogP contribution in [-0.2, 0) is 6.42 Å². The first-order valence-electron chi connectivity index (χ1n) is 6.97. The molecular weight excluding hydrogens is 284 g/mol. The number of carbonyl (C=O) groups excluding carboxylic acids is 1. The van der Waals surface area contributed by atoms with Crippen molar-refractivity contribution in [2.75, 3.05) is 13.2 Å². The molecule has 3 aromatic heterocycles. The second-order valence-corrected chi connectivity index (χ2v) is 5.00. The zero-order valence-corrected chi connectivity index (χ0v) is 11.8. The number of carbonyl (C=O) groups is 1. The Balaban J connectivity index is 1.61. The monoisotopic (exact) mass is 300 g/mol. The molecule has 3 aromatic rings. The number of hydrogen-bond acceptors (Lipinski definition) is 5. The maximum absolute atomic E-state index is 12.1. The van der Waals surface area contributed by atoms with Crippen LogP contribution in [0.3, 0.4) is 0 Å². The van der Waals surface area contributed by atoms with Crippen molar-refractivity contribution in [2.24, 2.45) is 5.92 Å². The molecule has 0 aliphatic heterocycles. The summed E-state index contributed by atoms with van der Waals surface area (Å²) < 4.78 is 6.93. The van der Waals surface area contributed by atoms with Crippen LogP contribution in [0.5, 0.6) is 0 Å². The predicted octanol–water partition coefficient (Wildman–Crippen LogP) is 0.903. The Bertz CT molecular complexity index is 718. The van der Waals surface area contributed by atoms with Gasteiger partial charge in [0.25, 0.3) is 5.91 Å². The van der Waals surface area contributed by atoms with Gasteiger partial charge in [0.1, 0.15) is 11.5 Å². The van der Waals surface area contributed by atoms with Crippen LogP contribution in [0.1, 0.15) is 16.2 Å². The molecule has 0 aliphatic rings. The molecule has 2 N–H and O–H groups in total. The summed E-state index contributed by atoms with van der Waals surface area (Å²) in [5.74, 6) is 0.862. The largest absolute Gasteiger partial charge is 0.469 e. The molecule has 0 bridgehead atoms. The van der Waals surface area contributed by atoms with Crippen LogP contribution in [0.15, 0.2) is 47.5 Å². The second kappa shape index (κ2) is 6.40. The quantitative estimate of drug-likeness (QED) is 0.705. The lowest BCUT2D eigenvalue weighted by Gasteiger charge is -2.13. The molecule has 1 atom stereocenters. The molecule has 7 heteroatoms. The van der Waals surface area contributed by atoms with Gasteiger partial charge in [-0.05, 0) is 18.2 Å². The van der Waals surface area contributed by atoms with E-state index in [9.17, 15) is 9.90 Å². The van der Waals surface area contributed by atoms with Crippen molar-refractivity contribution >= 4 is 11.7 Å². The number of rotatable bonds is 6. The minimum absolute atomic E-state index is 0.0340. The van der Waals surface area contributed by atoms with Gasteiger partial charge in [-0.1, -0.05) is 0 Å². The van der Waals surface area contributed by atoms with E-state index in [-0.39, 0.29) is 18.4 Å². The third-order valence-corrected chi connectivity index (χ3v) is 3.35. The zero-order chi connectivity index (χ0) is 15.4. The fraction of sp³-hybridized carbons (Fsp3) is 0.267. The molecule has 22 heavy (non-hydrogen) atoms. The third kappa shape index (κ3) is 3.15. The van der Waals surface area contributed by atoms with Crippen LogP contribution in [0, 0.1) is 5.92 Å². The molecule has 0 aromatic carbocycles. The highest BCUT2D eigenvalue weighted by atomic mass is 16.3. The first-order valence-corrected chi connectivity index (χ1v) is 6.97. The number of amides is 1. The number of nitrogens with one attached hydrogen (secondary N) is 1. The van der Waals surface area contributed by atoms with Gasteiger partial charge >= 0.3 is 0 Å². The molecule has 0 saturated heterocycles. The van der Waals surface area contributed by atoms with Crippen LogP contribution < -0.4 is 5.32 Å². The molecular formula is C15H16N4O3. The first-order chi connectivity index (χ1) is 10.8. The number of nitrogens with zero attached hydrogens (tertiary/aromatic N) is 3. The number of aromatic nitrogens is 3. The number of hydrogen-bond donors (Lipinski definition) is 2. The molecule has 1 amide bonds. The van der Waals surface area contributed by atoms with E-state index in [4.69, 9.17) is 4.42 Å². The highest BCUT2D eigenvalue weighted by Gasteiger charge is 2.15. The molecule has 0 saturated carbocycles. The van der Waals surface area contributed by atoms with Crippen LogP contribution in [-0.4, -0.2) is 38.5 Å². The van der Waals surface area contributed by atoms with Crippen molar-refractivity contribution in [1.82, 2.24) is 19.7 Å². The molecule has 0 radical (unpaired) electrons. The van der Waals surface area contributed by atoms with E-state index in [1.807, 2.05) is 6.07 Å². The van der Waals surface area contributed by atoms with Gasteiger partial charge in [-0.25, -0.2) is 9.97 Å². The SMILES string of the molecule is O=C(NC[C@H](CO)Cc1ccco1)c1cn2cccnc2n1. The highest BCUT2D eigenvalue weighted by molar-refractivity contribution is 5.92. The van der Waals surface area contributed by atoms with Crippen molar-refractivity contribution < 1.29 is 14.3 Å². The fourth-order valence-corrected chi connectivity index (χ4v) is 2.18. The third-order valence-electron chi connectivity index (χ3n) is 3.35. The highest BCUT2D eigenvalue weighted by Crippen LogP contribution is 2.09. The Hall–Kier alpha value is -2.67. The average Bonchev–Trinajstić information content (AvgIpc) is 3.19. The van der Waals surface area contributed by atoms with Crippen molar-refractivity contribution in [1.29, 1.82) is 0 Å². The first kappa shape index (κ1) is 14.3. The molecule has 0 spiro atoms. The lowest BCUT2D eigenvalue weighted by atomic mass is 10.1. The lowest BCUT2D eigenvalue weighted by Crippen LogP contribution is -2.32. The van der Waals surface area contributed by atoms with E-state index in [2.05, 4.69) is 15.3 Å². The summed E-state index contributed by atoms with van der Waals surface area (Å²) in [5, 5.41) is 12.2. The van der Waals surface area contributed by atoms with Crippen LogP contribution in [0.2, 0.25) is 0 Å². The Morgan fingerprint density at radius 2 is 2.36 bits per heavy atom. The van der Waals surface area contributed by atoms with Gasteiger partial charge < -0.3 is 14.8 Å². The molecule has 0 unspecified atom stereocenters. The van der Waals surface area contributed by atoms with Crippen LogP contribution in [0.25, 0.3) is 5.78 Å². The summed E-state index contributed by atoms with van der Waals surface area (Å²) in [6.07, 6.45) is 7.18. The van der Waals surface area contributed by atoms with Crippen molar-refractivity contribution in [3.63, 3.8) is 0 Å². The van der Waals surface area contributed by atoms with Gasteiger partial charge in [0, 0.05) is 44.1 Å². The number of furan rings is 1. The number of imidazole rings is 1. The summed E-state index contributed by atoms with van der Waals surface area (Å²) in [6.45, 7) is 0.311. The van der Waals surface area contributed by atoms with E-state index in [1.165, 1.54) is 0 Å². The van der Waals surface area contributed by atoms with Crippen molar-refractivity contribution in [3.8, 4) is 0 Å². The van der Waals surface area contributed by atoms with E-state index in [0.29, 0.717) is 24.4 Å². The Labute approximate surface area is 126 Å². The smallest absolute Gasteiger partial charge is 0.271 e. The summed E-state index contributed by atoms with van der Waals surface area (Å²) in [5.41, 5.74) is 0.299. The maximum atomic E-state index is 12.1. The minimum Gasteiger partial charge on any atom is -0.469 e. The van der Waals surface area contributed by atoms with Gasteiger partial charge in [0.15, 0.2) is 0 Å². The average molecular weight is 300 g/mol. The predicted molar refractivity (Wildman–Crippen MR) is 78.3 cm³/mol. The van der Waals surface area contributed by atoms with Gasteiger partial charge in [-0.15, -0.1) is 0 Å². The van der Waals surface area contributed by atoms with E-state index in [0.717, 1.165) is 5.76 Å². The topological polar surface area (TPSA) is 92.7 Å². The summed E-state index contributed by atoms with van der Waals surface area (Å²) in [7, 11) is 0. The van der Waals surface area contributed by atoms with Gasteiger partial charge in [-0.3, -0.25) is 9.20 Å². The van der Waals surface area contributed by atoms with Gasteiger partial charge in [0.2, 0.25) is 5.78 Å². The number of aliphatic hydroxyl groups is 1. The molecule has 3 heterocycles. The van der Waals surface area contributed by atoms with Crippen molar-refractivity contribution in [2.45, 2.75) is 6.42 Å². The zero-order valence-electron chi connectivity index (χ0n) is 11.8. The summed E-state index contributed by atoms with van der Waals surface area (Å²) >= 11 is 0. The van der Waals surface area contributed by atoms with E-state index >= 15 is 0 Å². The van der Waals surface area contributed by atoms with Gasteiger partial charge in [-0.2, -0.15) is 0 Å². The number of aliphatic hydroxyl groups excluding tert-OH is 1. The summed E-state index contributed by atoms with van der Waals surface area (Å²) in [4.78, 5) is 20.3. The maximum Gasteiger partial charge on any atom is 0.271 e. The van der Waals surface area contributed by atoms with Gasteiger partial charge in [0.05, 0.1) is 6.26 Å². The van der Waals surface area contributed by atoms with Crippen molar-refractivity contribution in [3.05, 3.63) is 54.5 Å². The normalized spacial score (nSPS) is 12.4. The molecule has 7 nitrogen and oxygen atoms in total. The van der Waals surface area contributed by atoms with Crippen LogP contribution in [0.4, 0.5) is 0 Å². The molecule has 0 aliphatic carbocycles. The van der Waals surface area contributed by atoms with E-state index in [1.54, 1.807) is 41.4 Å². The second-order valence-electron chi connectivity index (χ2n) is 5.00. The lowest BCUT2D eigenvalue weighted by molar-refractivity contribution is 0.0934. The van der Waals surface area contributed by atoms with Crippen LogP contribution >= 0.6 is 0 Å². The summed E-state index contributed by atoms with van der Waals surface area (Å²) in [6, 6.07) is 5.41. The fourth-order valence-electron chi connectivity index (χ4n) is 2.18. The molecule has 3 rings (SSSR count). The molecule has 114 valence electrons. The Kier molecular flexibility index (Phi) is 4.15. The Morgan fingerprint density at radius 1 is 1.45 bits per heavy atom. The number of fused-ring (bicyclic) bond motifs is 1. The standard InChI is InChI=1S/C15H16N4O3/c20-10-11(7-12-3-1-6-22-12)8-17-14(21)13-9-19-5-2-4-16-15(19)18-13/h1-6,9,11,20H,7-8,10H2,(H,17,21)/t11-/m1/s1. The minimum atomic E-state index is -0.289. The Morgan fingerprint density at radius 3 is 3.09 bits per heavy atom. The molecule has 0 fully saturated rings.